The molecule has 0 bridgehead atoms. The minimum atomic E-state index is -0.559. The molecule has 4 rings (SSSR count). The highest BCUT2D eigenvalue weighted by Crippen LogP contribution is 2.31. The van der Waals surface area contributed by atoms with Crippen molar-refractivity contribution in [1.29, 1.82) is 0 Å². The minimum Gasteiger partial charge on any atom is -0.487 e. The summed E-state index contributed by atoms with van der Waals surface area (Å²) in [7, 11) is 0. The first-order chi connectivity index (χ1) is 18.0. The second kappa shape index (κ2) is 12.1. The van der Waals surface area contributed by atoms with Crippen molar-refractivity contribution in [3.8, 4) is 39.1 Å². The summed E-state index contributed by atoms with van der Waals surface area (Å²) >= 11 is 0. The molecule has 5 heteroatoms. The second-order valence-corrected chi connectivity index (χ2v) is 8.58. The summed E-state index contributed by atoms with van der Waals surface area (Å²) in [6.07, 6.45) is 3.17. The number of benzene rings is 4. The molecule has 0 aliphatic carbocycles. The molecule has 0 unspecified atom stereocenters. The fourth-order valence-corrected chi connectivity index (χ4v) is 4.07. The number of halogens is 2. The van der Waals surface area contributed by atoms with Gasteiger partial charge in [0.15, 0.2) is 11.6 Å². The Hall–Kier alpha value is -4.25. The zero-order chi connectivity index (χ0) is 26.2. The summed E-state index contributed by atoms with van der Waals surface area (Å²) in [6.45, 7) is 5.48. The average molecular weight is 499 g/mol. The third kappa shape index (κ3) is 6.50. The molecule has 0 heterocycles. The van der Waals surface area contributed by atoms with Crippen LogP contribution >= 0.6 is 0 Å². The van der Waals surface area contributed by atoms with Crippen LogP contribution in [0.25, 0.3) is 33.4 Å². The molecular formula is C32H28F2O3. The molecule has 0 aliphatic rings. The normalized spacial score (nSPS) is 10.7. The Balaban J connectivity index is 1.44. The van der Waals surface area contributed by atoms with Crippen LogP contribution in [0.3, 0.4) is 0 Å². The Kier molecular flexibility index (Phi) is 8.47. The Morgan fingerprint density at radius 1 is 0.757 bits per heavy atom. The Bertz CT molecular complexity index is 1380. The van der Waals surface area contributed by atoms with Crippen LogP contribution in [-0.2, 0) is 16.0 Å². The molecule has 0 amide bonds. The van der Waals surface area contributed by atoms with E-state index in [9.17, 15) is 9.18 Å². The molecule has 0 N–H and O–H groups in total. The molecule has 37 heavy (non-hydrogen) atoms. The van der Waals surface area contributed by atoms with Gasteiger partial charge in [-0.15, -0.1) is 0 Å². The van der Waals surface area contributed by atoms with E-state index in [-0.39, 0.29) is 24.8 Å². The summed E-state index contributed by atoms with van der Waals surface area (Å²) in [6, 6.07) is 25.5. The lowest BCUT2D eigenvalue weighted by atomic mass is 9.97. The van der Waals surface area contributed by atoms with Gasteiger partial charge in [0.1, 0.15) is 19.0 Å². The van der Waals surface area contributed by atoms with Gasteiger partial charge in [-0.3, -0.25) is 0 Å². The molecule has 188 valence electrons. The molecule has 0 fully saturated rings. The van der Waals surface area contributed by atoms with Gasteiger partial charge >= 0.3 is 5.97 Å². The van der Waals surface area contributed by atoms with Gasteiger partial charge in [0.2, 0.25) is 0 Å². The van der Waals surface area contributed by atoms with Gasteiger partial charge in [-0.1, -0.05) is 86.7 Å². The van der Waals surface area contributed by atoms with Crippen LogP contribution < -0.4 is 4.74 Å². The smallest absolute Gasteiger partial charge is 0.330 e. The van der Waals surface area contributed by atoms with Crippen molar-refractivity contribution in [2.75, 3.05) is 13.2 Å². The molecule has 0 aromatic heterocycles. The first-order valence-corrected chi connectivity index (χ1v) is 12.2. The maximum atomic E-state index is 15.0. The van der Waals surface area contributed by atoms with E-state index in [0.29, 0.717) is 11.1 Å². The van der Waals surface area contributed by atoms with Gasteiger partial charge in [-0.25, -0.2) is 13.6 Å². The van der Waals surface area contributed by atoms with Gasteiger partial charge in [0.25, 0.3) is 0 Å². The van der Waals surface area contributed by atoms with Crippen molar-refractivity contribution in [3.63, 3.8) is 0 Å². The number of hydrogen-bond donors (Lipinski definition) is 0. The molecule has 0 atom stereocenters. The van der Waals surface area contributed by atoms with Gasteiger partial charge in [0.05, 0.1) is 0 Å². The van der Waals surface area contributed by atoms with E-state index in [1.165, 1.54) is 17.7 Å². The number of aryl methyl sites for hydroxylation is 1. The van der Waals surface area contributed by atoms with Crippen molar-refractivity contribution in [3.05, 3.63) is 115 Å². The lowest BCUT2D eigenvalue weighted by molar-refractivity contribution is -0.138. The van der Waals surface area contributed by atoms with Gasteiger partial charge in [-0.05, 0) is 58.0 Å². The summed E-state index contributed by atoms with van der Waals surface area (Å²) in [5, 5.41) is 0. The molecule has 0 radical (unpaired) electrons. The number of hydrogen-bond acceptors (Lipinski definition) is 3. The molecule has 3 nitrogen and oxygen atoms in total. The monoisotopic (exact) mass is 498 g/mol. The van der Waals surface area contributed by atoms with E-state index >= 15 is 4.39 Å². The van der Waals surface area contributed by atoms with Crippen LogP contribution in [-0.4, -0.2) is 19.2 Å². The highest BCUT2D eigenvalue weighted by molar-refractivity contribution is 5.81. The molecule has 0 aliphatic heterocycles. The topological polar surface area (TPSA) is 35.5 Å². The predicted molar refractivity (Wildman–Crippen MR) is 143 cm³/mol. The van der Waals surface area contributed by atoms with Crippen LogP contribution in [0.5, 0.6) is 5.75 Å². The number of ether oxygens (including phenoxy) is 2. The van der Waals surface area contributed by atoms with Crippen LogP contribution in [0, 0.1) is 11.6 Å². The Labute approximate surface area is 216 Å². The largest absolute Gasteiger partial charge is 0.487 e. The third-order valence-corrected chi connectivity index (χ3v) is 6.01. The first kappa shape index (κ1) is 25.8. The Morgan fingerprint density at radius 2 is 1.32 bits per heavy atom. The highest BCUT2D eigenvalue weighted by Gasteiger charge is 2.10. The van der Waals surface area contributed by atoms with Gasteiger partial charge in [0, 0.05) is 11.6 Å². The molecule has 4 aromatic carbocycles. The lowest BCUT2D eigenvalue weighted by Crippen LogP contribution is -2.10. The van der Waals surface area contributed by atoms with Gasteiger partial charge in [-0.2, -0.15) is 0 Å². The maximum absolute atomic E-state index is 15.0. The zero-order valence-corrected chi connectivity index (χ0v) is 20.7. The molecular weight excluding hydrogens is 470 g/mol. The molecule has 0 saturated heterocycles. The lowest BCUT2D eigenvalue weighted by Gasteiger charge is -2.10. The van der Waals surface area contributed by atoms with E-state index in [1.807, 2.05) is 42.5 Å². The average Bonchev–Trinajstić information content (AvgIpc) is 2.92. The highest BCUT2D eigenvalue weighted by atomic mass is 19.1. The Morgan fingerprint density at radius 3 is 1.92 bits per heavy atom. The maximum Gasteiger partial charge on any atom is 0.330 e. The van der Waals surface area contributed by atoms with E-state index in [1.54, 1.807) is 18.2 Å². The predicted octanol–water partition coefficient (Wildman–Crippen LogP) is 8.03. The summed E-state index contributed by atoms with van der Waals surface area (Å²) in [5.41, 5.74) is 5.78. The molecule has 0 spiro atoms. The number of carbonyl (C=O) groups excluding carboxylic acids is 1. The van der Waals surface area contributed by atoms with Crippen molar-refractivity contribution < 1.29 is 23.0 Å². The van der Waals surface area contributed by atoms with E-state index in [2.05, 4.69) is 25.6 Å². The molecule has 4 aromatic rings. The third-order valence-electron chi connectivity index (χ3n) is 6.01. The summed E-state index contributed by atoms with van der Waals surface area (Å²) < 4.78 is 39.7. The number of carbonyl (C=O) groups is 1. The second-order valence-electron chi connectivity index (χ2n) is 8.58. The van der Waals surface area contributed by atoms with Crippen LogP contribution in [0.2, 0.25) is 0 Å². The van der Waals surface area contributed by atoms with Crippen LogP contribution in [0.1, 0.15) is 18.9 Å². The van der Waals surface area contributed by atoms with Crippen LogP contribution in [0.15, 0.2) is 97.6 Å². The summed E-state index contributed by atoms with van der Waals surface area (Å²) in [5.74, 6) is -1.32. The molecule has 0 saturated carbocycles. The van der Waals surface area contributed by atoms with Crippen LogP contribution in [0.4, 0.5) is 8.78 Å². The van der Waals surface area contributed by atoms with E-state index < -0.39 is 11.8 Å². The SMILES string of the molecule is C=CC(=O)OCCOc1ccc(-c2ccc(-c3ccc(-c4ccc(CCC)cc4)cc3F)cc2)cc1F. The zero-order valence-electron chi connectivity index (χ0n) is 20.7. The van der Waals surface area contributed by atoms with Crippen molar-refractivity contribution in [1.82, 2.24) is 0 Å². The van der Waals surface area contributed by atoms with Crippen molar-refractivity contribution >= 4 is 5.97 Å². The van der Waals surface area contributed by atoms with Crippen molar-refractivity contribution in [2.24, 2.45) is 0 Å². The standard InChI is InChI=1S/C32H28F2O3/c1-3-5-22-6-8-23(9-7-22)26-14-16-28(29(33)20-26)25-12-10-24(11-13-25)27-15-17-31(30(34)21-27)36-18-19-37-32(35)4-2/h4,6-17,20-21H,2-3,5,18-19H2,1H3. The summed E-state index contributed by atoms with van der Waals surface area (Å²) in [4.78, 5) is 11.0. The number of rotatable bonds is 10. The van der Waals surface area contributed by atoms with Crippen molar-refractivity contribution in [2.45, 2.75) is 19.8 Å². The first-order valence-electron chi connectivity index (χ1n) is 12.2. The fraction of sp³-hybridized carbons (Fsp3) is 0.156. The van der Waals surface area contributed by atoms with Gasteiger partial charge < -0.3 is 9.47 Å². The van der Waals surface area contributed by atoms with E-state index in [0.717, 1.165) is 41.2 Å². The quantitative estimate of drug-likeness (QED) is 0.126. The minimum absolute atomic E-state index is 0.00369. The fourth-order valence-electron chi connectivity index (χ4n) is 4.07. The van der Waals surface area contributed by atoms with E-state index in [4.69, 9.17) is 9.47 Å². The number of esters is 1.